The molecular weight excluding hydrogens is 282 g/mol. The molecule has 0 aliphatic rings. The fourth-order valence-electron chi connectivity index (χ4n) is 2.54. The van der Waals surface area contributed by atoms with E-state index >= 15 is 0 Å². The number of hydrogen-bond donors (Lipinski definition) is 1. The van der Waals surface area contributed by atoms with Crippen LogP contribution in [0.5, 0.6) is 0 Å². The largest absolute Gasteiger partial charge is 0.354 e. The third kappa shape index (κ3) is 6.64. The van der Waals surface area contributed by atoms with Gasteiger partial charge in [-0.25, -0.2) is 9.97 Å². The van der Waals surface area contributed by atoms with Crippen molar-refractivity contribution in [2.45, 2.75) is 78.6 Å². The van der Waals surface area contributed by atoms with E-state index in [-0.39, 0.29) is 0 Å². The number of nitrogens with one attached hydrogen (secondary N) is 1. The molecule has 21 heavy (non-hydrogen) atoms. The fraction of sp³-hybridized carbons (Fsp3) is 0.765. The molecule has 1 rings (SSSR count). The minimum Gasteiger partial charge on any atom is -0.354 e. The average Bonchev–Trinajstić information content (AvgIpc) is 2.46. The molecule has 0 aliphatic heterocycles. The van der Waals surface area contributed by atoms with Gasteiger partial charge in [-0.2, -0.15) is 0 Å². The number of halogens is 1. The first-order valence-electron chi connectivity index (χ1n) is 8.52. The quantitative estimate of drug-likeness (QED) is 0.438. The van der Waals surface area contributed by atoms with Gasteiger partial charge in [-0.3, -0.25) is 0 Å². The van der Waals surface area contributed by atoms with Crippen LogP contribution in [-0.4, -0.2) is 16.5 Å². The second kappa shape index (κ2) is 10.8. The second-order valence-corrected chi connectivity index (χ2v) is 5.88. The fourth-order valence-corrected chi connectivity index (χ4v) is 2.87. The highest BCUT2D eigenvalue weighted by molar-refractivity contribution is 6.30. The highest BCUT2D eigenvalue weighted by Crippen LogP contribution is 2.21. The highest BCUT2D eigenvalue weighted by Gasteiger charge is 2.11. The van der Waals surface area contributed by atoms with Crippen LogP contribution in [0.1, 0.15) is 77.0 Å². The molecule has 0 saturated heterocycles. The van der Waals surface area contributed by atoms with E-state index in [4.69, 9.17) is 11.6 Å². The van der Waals surface area contributed by atoms with Crippen LogP contribution in [-0.2, 0) is 12.8 Å². The first-order valence-corrected chi connectivity index (χ1v) is 8.89. The molecule has 1 heterocycles. The second-order valence-electron chi connectivity index (χ2n) is 5.52. The summed E-state index contributed by atoms with van der Waals surface area (Å²) in [6, 6.07) is 0. The van der Waals surface area contributed by atoms with E-state index in [2.05, 4.69) is 29.1 Å². The van der Waals surface area contributed by atoms with Crippen LogP contribution in [0.25, 0.3) is 0 Å². The molecule has 0 atom stereocenters. The zero-order chi connectivity index (χ0) is 15.5. The van der Waals surface area contributed by atoms with Crippen molar-refractivity contribution in [3.8, 4) is 0 Å². The lowest BCUT2D eigenvalue weighted by Crippen LogP contribution is -2.08. The van der Waals surface area contributed by atoms with Crippen LogP contribution in [0.2, 0.25) is 5.15 Å². The summed E-state index contributed by atoms with van der Waals surface area (Å²) in [6.45, 7) is 7.23. The molecule has 0 fully saturated rings. The topological polar surface area (TPSA) is 37.8 Å². The molecule has 0 spiro atoms. The van der Waals surface area contributed by atoms with Gasteiger partial charge in [0.2, 0.25) is 5.95 Å². The minimum atomic E-state index is 0.612. The van der Waals surface area contributed by atoms with E-state index in [1.54, 1.807) is 0 Å². The summed E-state index contributed by atoms with van der Waals surface area (Å²) in [5.74, 6) is 0.664. The van der Waals surface area contributed by atoms with Crippen molar-refractivity contribution in [2.24, 2.45) is 0 Å². The Morgan fingerprint density at radius 2 is 1.57 bits per heavy atom. The Balaban J connectivity index is 2.48. The minimum absolute atomic E-state index is 0.612. The molecule has 0 amide bonds. The molecular formula is C17H30ClN3. The standard InChI is InChI=1S/C17H30ClN3/c1-4-7-8-9-10-11-12-13-15-14(5-2)16(18)21-17(20-15)19-6-3/h4-13H2,1-3H3,(H,19,20,21). The average molecular weight is 312 g/mol. The number of nitrogens with zero attached hydrogens (tertiary/aromatic N) is 2. The van der Waals surface area contributed by atoms with E-state index < -0.39 is 0 Å². The van der Waals surface area contributed by atoms with Crippen molar-refractivity contribution < 1.29 is 0 Å². The van der Waals surface area contributed by atoms with Crippen molar-refractivity contribution in [3.63, 3.8) is 0 Å². The Bertz CT molecular complexity index is 407. The van der Waals surface area contributed by atoms with Gasteiger partial charge >= 0.3 is 0 Å². The zero-order valence-electron chi connectivity index (χ0n) is 13.8. The zero-order valence-corrected chi connectivity index (χ0v) is 14.6. The van der Waals surface area contributed by atoms with E-state index in [1.165, 1.54) is 44.9 Å². The monoisotopic (exact) mass is 311 g/mol. The normalized spacial score (nSPS) is 10.9. The number of anilines is 1. The van der Waals surface area contributed by atoms with E-state index in [0.717, 1.165) is 30.6 Å². The van der Waals surface area contributed by atoms with Gasteiger partial charge in [-0.15, -0.1) is 0 Å². The van der Waals surface area contributed by atoms with Crippen LogP contribution < -0.4 is 5.32 Å². The van der Waals surface area contributed by atoms with Gasteiger partial charge in [0.1, 0.15) is 5.15 Å². The lowest BCUT2D eigenvalue weighted by molar-refractivity contribution is 0.586. The molecule has 0 bridgehead atoms. The molecule has 3 nitrogen and oxygen atoms in total. The van der Waals surface area contributed by atoms with Crippen LogP contribution in [0.15, 0.2) is 0 Å². The number of unbranched alkanes of at least 4 members (excludes halogenated alkanes) is 6. The van der Waals surface area contributed by atoms with Gasteiger partial charge in [0.15, 0.2) is 0 Å². The number of hydrogen-bond acceptors (Lipinski definition) is 3. The van der Waals surface area contributed by atoms with Crippen molar-refractivity contribution in [1.29, 1.82) is 0 Å². The smallest absolute Gasteiger partial charge is 0.224 e. The Kier molecular flexibility index (Phi) is 9.40. The third-order valence-electron chi connectivity index (χ3n) is 3.75. The van der Waals surface area contributed by atoms with Gasteiger partial charge in [0.05, 0.1) is 5.69 Å². The van der Waals surface area contributed by atoms with Crippen LogP contribution >= 0.6 is 11.6 Å². The number of aromatic nitrogens is 2. The van der Waals surface area contributed by atoms with Gasteiger partial charge in [-0.1, -0.05) is 64.0 Å². The molecule has 120 valence electrons. The van der Waals surface area contributed by atoms with Crippen molar-refractivity contribution in [1.82, 2.24) is 9.97 Å². The van der Waals surface area contributed by atoms with E-state index in [9.17, 15) is 0 Å². The molecule has 0 aliphatic carbocycles. The van der Waals surface area contributed by atoms with E-state index in [0.29, 0.717) is 11.1 Å². The van der Waals surface area contributed by atoms with Gasteiger partial charge in [0.25, 0.3) is 0 Å². The molecule has 4 heteroatoms. The maximum atomic E-state index is 6.28. The lowest BCUT2D eigenvalue weighted by Gasteiger charge is -2.11. The maximum absolute atomic E-state index is 6.28. The summed E-state index contributed by atoms with van der Waals surface area (Å²) in [4.78, 5) is 8.95. The Morgan fingerprint density at radius 1 is 0.905 bits per heavy atom. The Morgan fingerprint density at radius 3 is 2.19 bits per heavy atom. The van der Waals surface area contributed by atoms with E-state index in [1.807, 2.05) is 6.92 Å². The number of rotatable bonds is 11. The molecule has 0 unspecified atom stereocenters. The van der Waals surface area contributed by atoms with Crippen LogP contribution in [0.3, 0.4) is 0 Å². The molecule has 0 saturated carbocycles. The number of aryl methyl sites for hydroxylation is 1. The summed E-state index contributed by atoms with van der Waals surface area (Å²) in [5.41, 5.74) is 2.24. The van der Waals surface area contributed by atoms with Crippen molar-refractivity contribution >= 4 is 17.5 Å². The third-order valence-corrected chi connectivity index (χ3v) is 4.06. The maximum Gasteiger partial charge on any atom is 0.224 e. The van der Waals surface area contributed by atoms with Gasteiger partial charge in [-0.05, 0) is 26.2 Å². The molecule has 1 N–H and O–H groups in total. The summed E-state index contributed by atoms with van der Waals surface area (Å²) < 4.78 is 0. The first kappa shape index (κ1) is 18.2. The molecule has 1 aromatic heterocycles. The van der Waals surface area contributed by atoms with Gasteiger partial charge < -0.3 is 5.32 Å². The van der Waals surface area contributed by atoms with Crippen molar-refractivity contribution in [3.05, 3.63) is 16.4 Å². The highest BCUT2D eigenvalue weighted by atomic mass is 35.5. The van der Waals surface area contributed by atoms with Crippen LogP contribution in [0.4, 0.5) is 5.95 Å². The summed E-state index contributed by atoms with van der Waals surface area (Å²) in [6.07, 6.45) is 11.1. The summed E-state index contributed by atoms with van der Waals surface area (Å²) in [7, 11) is 0. The summed E-state index contributed by atoms with van der Waals surface area (Å²) >= 11 is 6.28. The molecule has 0 radical (unpaired) electrons. The lowest BCUT2D eigenvalue weighted by atomic mass is 10.0. The predicted octanol–water partition coefficient (Wildman–Crippen LogP) is 5.42. The van der Waals surface area contributed by atoms with Gasteiger partial charge in [0, 0.05) is 12.1 Å². The molecule has 0 aromatic carbocycles. The first-order chi connectivity index (χ1) is 10.2. The Hall–Kier alpha value is -0.830. The summed E-state index contributed by atoms with van der Waals surface area (Å²) in [5, 5.41) is 3.77. The molecule has 1 aromatic rings. The van der Waals surface area contributed by atoms with Crippen molar-refractivity contribution in [2.75, 3.05) is 11.9 Å². The SMILES string of the molecule is CCCCCCCCCc1nc(NCC)nc(Cl)c1CC. The van der Waals surface area contributed by atoms with Crippen LogP contribution in [0, 0.1) is 0 Å². The Labute approximate surface area is 134 Å². The predicted molar refractivity (Wildman–Crippen MR) is 92.3 cm³/mol.